The van der Waals surface area contributed by atoms with Gasteiger partial charge < -0.3 is 14.9 Å². The van der Waals surface area contributed by atoms with Crippen LogP contribution >= 0.6 is 11.3 Å². The molecule has 2 aliphatic carbocycles. The summed E-state index contributed by atoms with van der Waals surface area (Å²) in [5.74, 6) is -1.12. The quantitative estimate of drug-likeness (QED) is 0.286. The molecule has 2 aromatic heterocycles. The molecule has 0 spiro atoms. The van der Waals surface area contributed by atoms with Gasteiger partial charge in [-0.25, -0.2) is 9.78 Å². The summed E-state index contributed by atoms with van der Waals surface area (Å²) < 4.78 is 0. The Morgan fingerprint density at radius 2 is 1.79 bits per heavy atom. The molecule has 226 valence electrons. The average molecular weight is 602 g/mol. The Kier molecular flexibility index (Phi) is 8.47. The molecular weight excluding hydrogens is 562 g/mol. The largest absolute Gasteiger partial charge is 0.481 e. The van der Waals surface area contributed by atoms with E-state index in [-0.39, 0.29) is 30.4 Å². The lowest BCUT2D eigenvalue weighted by molar-refractivity contribution is -0.141. The monoisotopic (exact) mass is 601 g/mol. The van der Waals surface area contributed by atoms with Crippen LogP contribution in [0.1, 0.15) is 69.5 Å². The third-order valence-corrected chi connectivity index (χ3v) is 10.0. The predicted molar refractivity (Wildman–Crippen MR) is 167 cm³/mol. The molecule has 6 rings (SSSR count). The number of carbonyl (C=O) groups excluding carboxylic acids is 2. The third-order valence-electron chi connectivity index (χ3n) is 9.19. The maximum absolute atomic E-state index is 13.9. The van der Waals surface area contributed by atoms with Crippen molar-refractivity contribution in [3.05, 3.63) is 53.7 Å². The summed E-state index contributed by atoms with van der Waals surface area (Å²) in [7, 11) is 3.64. The first-order valence-electron chi connectivity index (χ1n) is 15.3. The van der Waals surface area contributed by atoms with Crippen LogP contribution in [0.4, 0.5) is 9.93 Å². The lowest BCUT2D eigenvalue weighted by Crippen LogP contribution is -2.47. The highest BCUT2D eigenvalue weighted by Crippen LogP contribution is 2.41. The smallest absolute Gasteiger partial charge is 0.320 e. The van der Waals surface area contributed by atoms with Crippen LogP contribution in [-0.2, 0) is 9.59 Å². The number of hydrogen-bond donors (Lipinski definition) is 1. The van der Waals surface area contributed by atoms with Gasteiger partial charge in [0.25, 0.3) is 0 Å². The molecule has 2 saturated carbocycles. The Bertz CT molecular complexity index is 1480. The van der Waals surface area contributed by atoms with Crippen molar-refractivity contribution in [3.8, 4) is 22.4 Å². The predicted octanol–water partition coefficient (Wildman–Crippen LogP) is 6.47. The number of anilines is 1. The van der Waals surface area contributed by atoms with Gasteiger partial charge in [0, 0.05) is 55.3 Å². The molecule has 10 heteroatoms. The molecule has 0 radical (unpaired) electrons. The van der Waals surface area contributed by atoms with Crippen molar-refractivity contribution in [1.29, 1.82) is 0 Å². The summed E-state index contributed by atoms with van der Waals surface area (Å²) in [6.45, 7) is 0.699. The number of benzene rings is 1. The van der Waals surface area contributed by atoms with E-state index in [1.165, 1.54) is 11.3 Å². The van der Waals surface area contributed by atoms with Crippen LogP contribution < -0.4 is 4.90 Å². The number of aromatic nitrogens is 2. The number of thiazole rings is 1. The molecular formula is C33H39N5O4S. The average Bonchev–Trinajstić information content (AvgIpc) is 3.47. The standard InChI is InChI=1S/C33H39N5O4S/c1-36-16-15-29(37(2)33(36)42)27-14-11-22(19-34-27)25-9-5-6-10-26(25)28-20-43-32(35-28)38(24-12-13-24)31(41)23(18-30(39)40)17-21-7-3-4-8-21/h5-6,9-11,14,19-21,23-24,29H,3-4,7-8,12-13,15-18H2,1-2H3,(H,39,40)/t23-,29?/m1/s1. The molecule has 1 aliphatic heterocycles. The van der Waals surface area contributed by atoms with Crippen LogP contribution in [0.15, 0.2) is 48.0 Å². The van der Waals surface area contributed by atoms with Crippen LogP contribution in [0, 0.1) is 11.8 Å². The second kappa shape index (κ2) is 12.4. The minimum Gasteiger partial charge on any atom is -0.481 e. The van der Waals surface area contributed by atoms with Crippen molar-refractivity contribution < 1.29 is 19.5 Å². The summed E-state index contributed by atoms with van der Waals surface area (Å²) in [4.78, 5) is 53.1. The maximum atomic E-state index is 13.9. The van der Waals surface area contributed by atoms with Gasteiger partial charge in [-0.2, -0.15) is 0 Å². The number of nitrogens with zero attached hydrogens (tertiary/aromatic N) is 5. The normalized spacial score (nSPS) is 20.0. The topological polar surface area (TPSA) is 107 Å². The van der Waals surface area contributed by atoms with Gasteiger partial charge in [-0.1, -0.05) is 56.0 Å². The number of amides is 3. The molecule has 3 aromatic rings. The van der Waals surface area contributed by atoms with Crippen LogP contribution in [0.25, 0.3) is 22.4 Å². The summed E-state index contributed by atoms with van der Waals surface area (Å²) in [6, 6.07) is 12.1. The molecule has 3 fully saturated rings. The van der Waals surface area contributed by atoms with Crippen LogP contribution in [-0.4, -0.2) is 69.5 Å². The minimum absolute atomic E-state index is 0.00153. The van der Waals surface area contributed by atoms with E-state index in [1.807, 2.05) is 62.1 Å². The Hall–Kier alpha value is -3.79. The number of carboxylic acid groups (broad SMARTS) is 1. The minimum atomic E-state index is -0.922. The van der Waals surface area contributed by atoms with Gasteiger partial charge in [-0.3, -0.25) is 19.5 Å². The number of aliphatic carboxylic acids is 1. The van der Waals surface area contributed by atoms with Crippen LogP contribution in [0.3, 0.4) is 0 Å². The van der Waals surface area contributed by atoms with Gasteiger partial charge >= 0.3 is 12.0 Å². The van der Waals surface area contributed by atoms with E-state index in [1.54, 1.807) is 14.7 Å². The van der Waals surface area contributed by atoms with Crippen molar-refractivity contribution in [2.75, 3.05) is 25.5 Å². The van der Waals surface area contributed by atoms with E-state index in [4.69, 9.17) is 9.97 Å². The molecule has 3 aliphatic rings. The lowest BCUT2D eigenvalue weighted by atomic mass is 9.90. The molecule has 0 bridgehead atoms. The Morgan fingerprint density at radius 1 is 1.05 bits per heavy atom. The van der Waals surface area contributed by atoms with E-state index >= 15 is 0 Å². The highest BCUT2D eigenvalue weighted by Gasteiger charge is 2.40. The van der Waals surface area contributed by atoms with Crippen molar-refractivity contribution in [2.24, 2.45) is 11.8 Å². The molecule has 1 aromatic carbocycles. The first-order valence-corrected chi connectivity index (χ1v) is 16.2. The fourth-order valence-corrected chi connectivity index (χ4v) is 7.56. The van der Waals surface area contributed by atoms with E-state index in [0.29, 0.717) is 24.0 Å². The summed E-state index contributed by atoms with van der Waals surface area (Å²) in [5, 5.41) is 12.3. The lowest BCUT2D eigenvalue weighted by Gasteiger charge is -2.37. The second-order valence-corrected chi connectivity index (χ2v) is 13.1. The second-order valence-electron chi connectivity index (χ2n) is 12.3. The fraction of sp³-hybridized carbons (Fsp3) is 0.485. The number of carboxylic acids is 1. The highest BCUT2D eigenvalue weighted by molar-refractivity contribution is 7.14. The maximum Gasteiger partial charge on any atom is 0.320 e. The zero-order valence-corrected chi connectivity index (χ0v) is 25.6. The van der Waals surface area contributed by atoms with Gasteiger partial charge in [-0.05, 0) is 43.2 Å². The molecule has 1 saturated heterocycles. The van der Waals surface area contributed by atoms with E-state index in [0.717, 1.165) is 73.0 Å². The summed E-state index contributed by atoms with van der Waals surface area (Å²) >= 11 is 1.44. The van der Waals surface area contributed by atoms with E-state index in [9.17, 15) is 19.5 Å². The van der Waals surface area contributed by atoms with Gasteiger partial charge in [0.15, 0.2) is 5.13 Å². The van der Waals surface area contributed by atoms with Crippen molar-refractivity contribution in [3.63, 3.8) is 0 Å². The molecule has 2 atom stereocenters. The number of rotatable bonds is 10. The Labute approximate surface area is 256 Å². The first kappa shape index (κ1) is 29.3. The van der Waals surface area contributed by atoms with Crippen molar-refractivity contribution in [2.45, 2.75) is 69.9 Å². The molecule has 1 unspecified atom stereocenters. The van der Waals surface area contributed by atoms with Gasteiger partial charge in [0.05, 0.1) is 23.9 Å². The first-order chi connectivity index (χ1) is 20.8. The highest BCUT2D eigenvalue weighted by atomic mass is 32.1. The van der Waals surface area contributed by atoms with Crippen molar-refractivity contribution >= 4 is 34.4 Å². The summed E-state index contributed by atoms with van der Waals surface area (Å²) in [6.07, 6.45) is 9.49. The Morgan fingerprint density at radius 3 is 2.47 bits per heavy atom. The number of hydrogen-bond acceptors (Lipinski definition) is 6. The molecule has 3 amide bonds. The SMILES string of the molecule is CN1CCC(c2ccc(-c3ccccc3-c3csc(N(C(=O)[C@@H](CC(=O)O)CC4CCCC4)C4CC4)n3)cn2)N(C)C1=O. The van der Waals surface area contributed by atoms with Gasteiger partial charge in [0.1, 0.15) is 0 Å². The molecule has 1 N–H and O–H groups in total. The van der Waals surface area contributed by atoms with Gasteiger partial charge in [-0.15, -0.1) is 11.3 Å². The third kappa shape index (κ3) is 6.30. The van der Waals surface area contributed by atoms with Gasteiger partial charge in [0.2, 0.25) is 5.91 Å². The Balaban J connectivity index is 1.25. The zero-order chi connectivity index (χ0) is 30.1. The van der Waals surface area contributed by atoms with Crippen molar-refractivity contribution in [1.82, 2.24) is 19.8 Å². The van der Waals surface area contributed by atoms with E-state index in [2.05, 4.69) is 0 Å². The number of pyridine rings is 1. The summed E-state index contributed by atoms with van der Waals surface area (Å²) in [5.41, 5.74) is 4.53. The number of urea groups is 1. The van der Waals surface area contributed by atoms with Crippen LogP contribution in [0.5, 0.6) is 0 Å². The zero-order valence-electron chi connectivity index (χ0n) is 24.8. The number of carbonyl (C=O) groups is 3. The van der Waals surface area contributed by atoms with Crippen LogP contribution in [0.2, 0.25) is 0 Å². The molecule has 9 nitrogen and oxygen atoms in total. The van der Waals surface area contributed by atoms with E-state index < -0.39 is 11.9 Å². The fourth-order valence-electron chi connectivity index (χ4n) is 6.66. The molecule has 3 heterocycles. The molecule has 43 heavy (non-hydrogen) atoms.